The summed E-state index contributed by atoms with van der Waals surface area (Å²) < 4.78 is 28.4. The number of hydrogen-bond donors (Lipinski definition) is 1. The first-order valence-electron chi connectivity index (χ1n) is 5.35. The first-order valence-corrected chi connectivity index (χ1v) is 9.60. The van der Waals surface area contributed by atoms with E-state index in [9.17, 15) is 8.42 Å². The molecule has 0 bridgehead atoms. The lowest BCUT2D eigenvalue weighted by Gasteiger charge is -2.21. The van der Waals surface area contributed by atoms with Crippen molar-refractivity contribution in [1.29, 1.82) is 0 Å². The Balaban J connectivity index is 2.12. The van der Waals surface area contributed by atoms with Crippen molar-refractivity contribution in [2.45, 2.75) is 30.0 Å². The summed E-state index contributed by atoms with van der Waals surface area (Å²) in [7, 11) is -3.33. The number of rotatable bonds is 3. The number of halogens is 1. The monoisotopic (exact) mass is 355 g/mol. The second kappa shape index (κ2) is 5.61. The molecule has 1 fully saturated rings. The summed E-state index contributed by atoms with van der Waals surface area (Å²) in [4.78, 5) is 0. The van der Waals surface area contributed by atoms with Crippen molar-refractivity contribution in [2.75, 3.05) is 11.5 Å². The molecular formula is C10H14BrNO2S3. The molecule has 0 saturated carbocycles. The number of hydrogen-bond acceptors (Lipinski definition) is 4. The van der Waals surface area contributed by atoms with Gasteiger partial charge in [0.1, 0.15) is 4.21 Å². The molecule has 1 aromatic heterocycles. The van der Waals surface area contributed by atoms with E-state index in [2.05, 4.69) is 20.7 Å². The summed E-state index contributed by atoms with van der Waals surface area (Å²) in [5.74, 6) is 2.08. The van der Waals surface area contributed by atoms with Gasteiger partial charge in [0.15, 0.2) is 0 Å². The van der Waals surface area contributed by atoms with Gasteiger partial charge in [-0.2, -0.15) is 11.8 Å². The van der Waals surface area contributed by atoms with Crippen molar-refractivity contribution in [3.05, 3.63) is 15.4 Å². The molecule has 0 unspecified atom stereocenters. The summed E-state index contributed by atoms with van der Waals surface area (Å²) in [6.07, 6.45) is 1.85. The van der Waals surface area contributed by atoms with E-state index < -0.39 is 10.0 Å². The van der Waals surface area contributed by atoms with Crippen molar-refractivity contribution in [3.8, 4) is 0 Å². The van der Waals surface area contributed by atoms with Crippen LogP contribution in [0, 0.1) is 6.92 Å². The lowest BCUT2D eigenvalue weighted by molar-refractivity contribution is 0.530. The van der Waals surface area contributed by atoms with Crippen LogP contribution in [0.3, 0.4) is 0 Å². The molecule has 96 valence electrons. The van der Waals surface area contributed by atoms with Gasteiger partial charge in [0.2, 0.25) is 10.0 Å². The molecule has 2 heterocycles. The molecular weight excluding hydrogens is 342 g/mol. The number of thioether (sulfide) groups is 1. The van der Waals surface area contributed by atoms with Crippen molar-refractivity contribution in [3.63, 3.8) is 0 Å². The predicted molar refractivity (Wildman–Crippen MR) is 77.4 cm³/mol. The maximum absolute atomic E-state index is 12.1. The summed E-state index contributed by atoms with van der Waals surface area (Å²) >= 11 is 6.51. The molecule has 1 aliphatic heterocycles. The van der Waals surface area contributed by atoms with Crippen LogP contribution < -0.4 is 4.72 Å². The third kappa shape index (κ3) is 3.47. The van der Waals surface area contributed by atoms with E-state index in [1.165, 1.54) is 11.3 Å². The van der Waals surface area contributed by atoms with Gasteiger partial charge in [-0.25, -0.2) is 13.1 Å². The molecule has 1 N–H and O–H groups in total. The van der Waals surface area contributed by atoms with Crippen LogP contribution in [-0.2, 0) is 10.0 Å². The quantitative estimate of drug-likeness (QED) is 0.906. The second-order valence-corrected chi connectivity index (χ2v) is 9.57. The third-order valence-corrected chi connectivity index (χ3v) is 7.82. The molecule has 7 heteroatoms. The summed E-state index contributed by atoms with van der Waals surface area (Å²) in [5, 5.41) is 0. The average Bonchev–Trinajstić information content (AvgIpc) is 2.61. The Morgan fingerprint density at radius 3 is 2.59 bits per heavy atom. The van der Waals surface area contributed by atoms with E-state index in [1.54, 1.807) is 6.07 Å². The fraction of sp³-hybridized carbons (Fsp3) is 0.600. The van der Waals surface area contributed by atoms with Crippen LogP contribution in [0.2, 0.25) is 0 Å². The molecule has 0 atom stereocenters. The van der Waals surface area contributed by atoms with Crippen LogP contribution in [-0.4, -0.2) is 26.0 Å². The molecule has 2 rings (SSSR count). The zero-order valence-corrected chi connectivity index (χ0v) is 13.4. The zero-order valence-electron chi connectivity index (χ0n) is 9.40. The Morgan fingerprint density at radius 2 is 2.06 bits per heavy atom. The largest absolute Gasteiger partial charge is 0.250 e. The van der Waals surface area contributed by atoms with Crippen molar-refractivity contribution < 1.29 is 8.42 Å². The first-order chi connectivity index (χ1) is 7.99. The van der Waals surface area contributed by atoms with Gasteiger partial charge in [-0.3, -0.25) is 0 Å². The Bertz CT molecular complexity index is 472. The van der Waals surface area contributed by atoms with Crippen LogP contribution in [0.25, 0.3) is 0 Å². The molecule has 1 saturated heterocycles. The molecule has 1 aliphatic rings. The molecule has 0 aromatic carbocycles. The maximum atomic E-state index is 12.1. The zero-order chi connectivity index (χ0) is 12.5. The van der Waals surface area contributed by atoms with Crippen LogP contribution >= 0.6 is 39.0 Å². The molecule has 3 nitrogen and oxygen atoms in total. The van der Waals surface area contributed by atoms with Crippen LogP contribution in [0.15, 0.2) is 14.1 Å². The number of thiophene rings is 1. The minimum absolute atomic E-state index is 0.0995. The Kier molecular flexibility index (Phi) is 4.57. The fourth-order valence-electron chi connectivity index (χ4n) is 1.66. The summed E-state index contributed by atoms with van der Waals surface area (Å²) in [6.45, 7) is 1.90. The number of nitrogens with one attached hydrogen (secondary N) is 1. The minimum atomic E-state index is -3.33. The van der Waals surface area contributed by atoms with Gasteiger partial charge in [0, 0.05) is 6.04 Å². The highest BCUT2D eigenvalue weighted by Gasteiger charge is 2.23. The Hall–Kier alpha value is 0.440. The van der Waals surface area contributed by atoms with Crippen LogP contribution in [0.1, 0.15) is 18.4 Å². The topological polar surface area (TPSA) is 46.2 Å². The summed E-state index contributed by atoms with van der Waals surface area (Å²) in [6, 6.07) is 1.82. The molecule has 0 radical (unpaired) electrons. The van der Waals surface area contributed by atoms with Crippen molar-refractivity contribution in [1.82, 2.24) is 4.72 Å². The first kappa shape index (κ1) is 13.9. The van der Waals surface area contributed by atoms with Crippen molar-refractivity contribution in [2.24, 2.45) is 0 Å². The highest BCUT2D eigenvalue weighted by atomic mass is 79.9. The van der Waals surface area contributed by atoms with Gasteiger partial charge < -0.3 is 0 Å². The minimum Gasteiger partial charge on any atom is -0.207 e. The van der Waals surface area contributed by atoms with Gasteiger partial charge in [-0.1, -0.05) is 0 Å². The average molecular weight is 356 g/mol. The molecule has 0 amide bonds. The van der Waals surface area contributed by atoms with E-state index in [-0.39, 0.29) is 6.04 Å². The number of sulfonamides is 1. The van der Waals surface area contributed by atoms with Crippen LogP contribution in [0.4, 0.5) is 0 Å². The van der Waals surface area contributed by atoms with E-state index in [0.717, 1.165) is 33.7 Å². The molecule has 17 heavy (non-hydrogen) atoms. The van der Waals surface area contributed by atoms with Gasteiger partial charge in [0.25, 0.3) is 0 Å². The predicted octanol–water partition coefficient (Wildman–Crippen LogP) is 2.99. The smallest absolute Gasteiger partial charge is 0.207 e. The van der Waals surface area contributed by atoms with Gasteiger partial charge in [-0.15, -0.1) is 11.3 Å². The van der Waals surface area contributed by atoms with Gasteiger partial charge in [0.05, 0.1) is 3.79 Å². The van der Waals surface area contributed by atoms with E-state index in [4.69, 9.17) is 0 Å². The summed E-state index contributed by atoms with van der Waals surface area (Å²) in [5.41, 5.74) is 0.967. The standard InChI is InChI=1S/C10H14BrNO2S3/c1-7-6-9(16-10(7)11)17(13,14)12-8-2-4-15-5-3-8/h6,8,12H,2-5H2,1H3. The van der Waals surface area contributed by atoms with Gasteiger partial charge in [-0.05, 0) is 58.8 Å². The maximum Gasteiger partial charge on any atom is 0.250 e. The van der Waals surface area contributed by atoms with E-state index >= 15 is 0 Å². The third-order valence-electron chi connectivity index (χ3n) is 2.64. The lowest BCUT2D eigenvalue weighted by atomic mass is 10.2. The molecule has 0 aliphatic carbocycles. The van der Waals surface area contributed by atoms with Crippen molar-refractivity contribution >= 4 is 49.1 Å². The number of aryl methyl sites for hydroxylation is 1. The van der Waals surface area contributed by atoms with Gasteiger partial charge >= 0.3 is 0 Å². The van der Waals surface area contributed by atoms with Crippen LogP contribution in [0.5, 0.6) is 0 Å². The second-order valence-electron chi connectivity index (χ2n) is 4.03. The lowest BCUT2D eigenvalue weighted by Crippen LogP contribution is -2.36. The molecule has 0 spiro atoms. The SMILES string of the molecule is Cc1cc(S(=O)(=O)NC2CCSCC2)sc1Br. The van der Waals surface area contributed by atoms with E-state index in [1.807, 2.05) is 18.7 Å². The normalized spacial score (nSPS) is 18.5. The van der Waals surface area contributed by atoms with E-state index in [0.29, 0.717) is 4.21 Å². The fourth-order valence-corrected chi connectivity index (χ4v) is 6.31. The molecule has 1 aromatic rings. The Morgan fingerprint density at radius 1 is 1.41 bits per heavy atom. The highest BCUT2D eigenvalue weighted by Crippen LogP contribution is 2.31. The Labute approximate surface area is 119 Å². The highest BCUT2D eigenvalue weighted by molar-refractivity contribution is 9.11.